The monoisotopic (exact) mass is 274 g/mol. The summed E-state index contributed by atoms with van der Waals surface area (Å²) in [4.78, 5) is 22.8. The minimum atomic E-state index is -1.02. The van der Waals surface area contributed by atoms with E-state index in [4.69, 9.17) is 9.84 Å². The molecular weight excluding hydrogens is 248 g/mol. The number of amides is 2. The van der Waals surface area contributed by atoms with Crippen LogP contribution in [0.5, 0.6) is 0 Å². The van der Waals surface area contributed by atoms with Gasteiger partial charge in [-0.2, -0.15) is 0 Å². The van der Waals surface area contributed by atoms with Crippen LogP contribution in [0.2, 0.25) is 0 Å². The predicted octanol–water partition coefficient (Wildman–Crippen LogP) is 1.60. The van der Waals surface area contributed by atoms with Gasteiger partial charge in [0, 0.05) is 13.2 Å². The number of urea groups is 1. The van der Waals surface area contributed by atoms with Crippen molar-refractivity contribution in [3.63, 3.8) is 0 Å². The van der Waals surface area contributed by atoms with Crippen LogP contribution in [-0.4, -0.2) is 41.9 Å². The summed E-state index contributed by atoms with van der Waals surface area (Å²) in [5.41, 5.74) is -0.471. The second-order valence-electron chi connectivity index (χ2n) is 5.22. The molecule has 0 spiro atoms. The quantitative estimate of drug-likeness (QED) is 0.627. The fourth-order valence-corrected chi connectivity index (χ4v) is 1.61. The van der Waals surface area contributed by atoms with Crippen LogP contribution in [0, 0.1) is 5.92 Å². The number of hydrogen-bond donors (Lipinski definition) is 3. The van der Waals surface area contributed by atoms with E-state index in [0.29, 0.717) is 19.6 Å². The number of carbonyl (C=O) groups excluding carboxylic acids is 1. The summed E-state index contributed by atoms with van der Waals surface area (Å²) in [6.07, 6.45) is 0.682. The van der Waals surface area contributed by atoms with Crippen molar-refractivity contribution in [2.75, 3.05) is 13.2 Å². The second kappa shape index (κ2) is 7.99. The molecule has 0 bridgehead atoms. The van der Waals surface area contributed by atoms with Gasteiger partial charge >= 0.3 is 12.0 Å². The number of carboxylic acids is 1. The van der Waals surface area contributed by atoms with Crippen molar-refractivity contribution in [3.8, 4) is 0 Å². The first-order valence-electron chi connectivity index (χ1n) is 6.64. The molecule has 2 amide bonds. The Hall–Kier alpha value is -1.30. The molecule has 2 atom stereocenters. The molecule has 0 aromatic rings. The average molecular weight is 274 g/mol. The summed E-state index contributed by atoms with van der Waals surface area (Å²) in [5, 5.41) is 14.2. The van der Waals surface area contributed by atoms with E-state index in [1.165, 1.54) is 0 Å². The Morgan fingerprint density at radius 2 is 1.89 bits per heavy atom. The van der Waals surface area contributed by atoms with E-state index in [2.05, 4.69) is 10.6 Å². The maximum atomic E-state index is 11.7. The molecule has 0 saturated carbocycles. The minimum Gasteiger partial charge on any atom is -0.480 e. The summed E-state index contributed by atoms with van der Waals surface area (Å²) >= 11 is 0. The maximum absolute atomic E-state index is 11.7. The van der Waals surface area contributed by atoms with Crippen LogP contribution < -0.4 is 10.6 Å². The Kier molecular flexibility index (Phi) is 7.44. The zero-order valence-electron chi connectivity index (χ0n) is 12.4. The molecule has 0 radical (unpaired) electrons. The zero-order valence-corrected chi connectivity index (χ0v) is 12.4. The molecule has 19 heavy (non-hydrogen) atoms. The number of nitrogens with one attached hydrogen (secondary N) is 2. The Morgan fingerprint density at radius 1 is 1.32 bits per heavy atom. The third-order valence-electron chi connectivity index (χ3n) is 2.98. The highest BCUT2D eigenvalue weighted by molar-refractivity contribution is 5.82. The molecule has 0 fully saturated rings. The fourth-order valence-electron chi connectivity index (χ4n) is 1.61. The van der Waals surface area contributed by atoms with E-state index < -0.39 is 23.6 Å². The highest BCUT2D eigenvalue weighted by Crippen LogP contribution is 2.09. The van der Waals surface area contributed by atoms with E-state index in [1.54, 1.807) is 6.92 Å². The van der Waals surface area contributed by atoms with Gasteiger partial charge in [0.15, 0.2) is 0 Å². The van der Waals surface area contributed by atoms with E-state index in [1.807, 2.05) is 27.7 Å². The predicted molar refractivity (Wildman–Crippen MR) is 73.1 cm³/mol. The van der Waals surface area contributed by atoms with Crippen molar-refractivity contribution in [2.45, 2.75) is 52.7 Å². The van der Waals surface area contributed by atoms with Gasteiger partial charge in [-0.25, -0.2) is 9.59 Å². The smallest absolute Gasteiger partial charge is 0.326 e. The molecule has 6 nitrogen and oxygen atoms in total. The van der Waals surface area contributed by atoms with E-state index in [9.17, 15) is 9.59 Å². The zero-order chi connectivity index (χ0) is 15.1. The van der Waals surface area contributed by atoms with Crippen LogP contribution in [0.4, 0.5) is 4.79 Å². The normalized spacial score (nSPS) is 14.6. The van der Waals surface area contributed by atoms with Crippen LogP contribution in [0.25, 0.3) is 0 Å². The van der Waals surface area contributed by atoms with Crippen molar-refractivity contribution >= 4 is 12.0 Å². The first-order valence-corrected chi connectivity index (χ1v) is 6.64. The number of rotatable bonds is 8. The van der Waals surface area contributed by atoms with Crippen LogP contribution in [0.15, 0.2) is 0 Å². The Morgan fingerprint density at radius 3 is 2.32 bits per heavy atom. The van der Waals surface area contributed by atoms with Crippen molar-refractivity contribution in [1.29, 1.82) is 0 Å². The van der Waals surface area contributed by atoms with Gasteiger partial charge in [-0.3, -0.25) is 0 Å². The maximum Gasteiger partial charge on any atom is 0.326 e. The highest BCUT2D eigenvalue weighted by atomic mass is 16.5. The molecule has 0 rings (SSSR count). The van der Waals surface area contributed by atoms with E-state index in [0.717, 1.165) is 0 Å². The van der Waals surface area contributed by atoms with Crippen LogP contribution in [0.3, 0.4) is 0 Å². The topological polar surface area (TPSA) is 87.7 Å². The van der Waals surface area contributed by atoms with Crippen LogP contribution in [-0.2, 0) is 9.53 Å². The fraction of sp³-hybridized carbons (Fsp3) is 0.846. The second-order valence-corrected chi connectivity index (χ2v) is 5.22. The van der Waals surface area contributed by atoms with Gasteiger partial charge in [-0.15, -0.1) is 0 Å². The van der Waals surface area contributed by atoms with E-state index in [-0.39, 0.29) is 5.92 Å². The molecule has 0 aromatic carbocycles. The molecule has 1 unspecified atom stereocenters. The lowest BCUT2D eigenvalue weighted by Crippen LogP contribution is -2.51. The van der Waals surface area contributed by atoms with Gasteiger partial charge in [-0.05, 0) is 26.7 Å². The molecule has 0 aliphatic heterocycles. The van der Waals surface area contributed by atoms with Gasteiger partial charge in [0.05, 0.1) is 5.60 Å². The molecule has 0 aromatic heterocycles. The molecule has 0 aliphatic rings. The number of aliphatic carboxylic acids is 1. The molecule has 0 aliphatic carbocycles. The molecule has 112 valence electrons. The molecular formula is C13H26N2O4. The van der Waals surface area contributed by atoms with E-state index >= 15 is 0 Å². The minimum absolute atomic E-state index is 0.122. The lowest BCUT2D eigenvalue weighted by Gasteiger charge is -2.26. The summed E-state index contributed by atoms with van der Waals surface area (Å²) < 4.78 is 5.44. The summed E-state index contributed by atoms with van der Waals surface area (Å²) in [6.45, 7) is 10.2. The molecule has 0 heterocycles. The summed E-state index contributed by atoms with van der Waals surface area (Å²) in [5.74, 6) is -1.14. The highest BCUT2D eigenvalue weighted by Gasteiger charge is 2.26. The first kappa shape index (κ1) is 17.7. The van der Waals surface area contributed by atoms with Gasteiger partial charge in [0.25, 0.3) is 0 Å². The first-order chi connectivity index (χ1) is 8.73. The van der Waals surface area contributed by atoms with Crippen molar-refractivity contribution < 1.29 is 19.4 Å². The van der Waals surface area contributed by atoms with Crippen molar-refractivity contribution in [2.24, 2.45) is 5.92 Å². The molecule has 6 heteroatoms. The van der Waals surface area contributed by atoms with Gasteiger partial charge in [0.1, 0.15) is 6.04 Å². The Balaban J connectivity index is 4.32. The third kappa shape index (κ3) is 7.00. The Bertz CT molecular complexity index is 305. The van der Waals surface area contributed by atoms with Crippen molar-refractivity contribution in [3.05, 3.63) is 0 Å². The van der Waals surface area contributed by atoms with Gasteiger partial charge in [0.2, 0.25) is 0 Å². The van der Waals surface area contributed by atoms with Crippen LogP contribution in [0.1, 0.15) is 41.0 Å². The Labute approximate surface area is 114 Å². The lowest BCUT2D eigenvalue weighted by molar-refractivity contribution is -0.140. The molecule has 0 saturated heterocycles. The van der Waals surface area contributed by atoms with Gasteiger partial charge < -0.3 is 20.5 Å². The van der Waals surface area contributed by atoms with Crippen LogP contribution >= 0.6 is 0 Å². The average Bonchev–Trinajstić information content (AvgIpc) is 2.32. The summed E-state index contributed by atoms with van der Waals surface area (Å²) in [7, 11) is 0. The standard InChI is InChI=1S/C13H26N2O4/c1-6-9(3)10(11(16)17)15-12(18)14-8-13(4,5)19-7-2/h9-10H,6-8H2,1-5H3,(H,16,17)(H2,14,15,18)/t9?,10-/m0/s1. The number of hydrogen-bond acceptors (Lipinski definition) is 3. The number of carbonyl (C=O) groups is 2. The lowest BCUT2D eigenvalue weighted by atomic mass is 9.99. The van der Waals surface area contributed by atoms with Gasteiger partial charge in [-0.1, -0.05) is 20.3 Å². The number of ether oxygens (including phenoxy) is 1. The largest absolute Gasteiger partial charge is 0.480 e. The van der Waals surface area contributed by atoms with Crippen molar-refractivity contribution in [1.82, 2.24) is 10.6 Å². The number of carboxylic acid groups (broad SMARTS) is 1. The summed E-state index contributed by atoms with van der Waals surface area (Å²) in [6, 6.07) is -1.36. The third-order valence-corrected chi connectivity index (χ3v) is 2.98. The molecule has 3 N–H and O–H groups in total. The SMILES string of the molecule is CCOC(C)(C)CNC(=O)N[C@H](C(=O)O)C(C)CC.